The van der Waals surface area contributed by atoms with Crippen LogP contribution < -0.4 is 0 Å². The van der Waals surface area contributed by atoms with Crippen molar-refractivity contribution in [3.63, 3.8) is 0 Å². The third-order valence-corrected chi connectivity index (χ3v) is 2.86. The van der Waals surface area contributed by atoms with Crippen molar-refractivity contribution < 1.29 is 9.90 Å². The molecule has 2 bridgehead atoms. The molecule has 2 unspecified atom stereocenters. The molecule has 1 heterocycles. The minimum Gasteiger partial charge on any atom is -0.478 e. The van der Waals surface area contributed by atoms with Gasteiger partial charge in [-0.25, -0.2) is 4.79 Å². The lowest BCUT2D eigenvalue weighted by atomic mass is 10.1. The van der Waals surface area contributed by atoms with E-state index in [1.807, 2.05) is 0 Å². The van der Waals surface area contributed by atoms with Gasteiger partial charge in [-0.15, -0.1) is 0 Å². The Morgan fingerprint density at radius 1 is 1.50 bits per heavy atom. The summed E-state index contributed by atoms with van der Waals surface area (Å²) in [6, 6.07) is 0.630. The van der Waals surface area contributed by atoms with E-state index in [1.165, 1.54) is 25.3 Å². The molecule has 12 heavy (non-hydrogen) atoms. The van der Waals surface area contributed by atoms with Crippen molar-refractivity contribution in [2.24, 2.45) is 5.92 Å². The van der Waals surface area contributed by atoms with Gasteiger partial charge in [-0.2, -0.15) is 0 Å². The maximum absolute atomic E-state index is 10.2. The molecule has 2 aliphatic rings. The number of piperidine rings is 1. The second-order valence-corrected chi connectivity index (χ2v) is 3.68. The maximum Gasteiger partial charge on any atom is 0.329 e. The van der Waals surface area contributed by atoms with Gasteiger partial charge in [0.15, 0.2) is 0 Å². The Kier molecular flexibility index (Phi) is 1.79. The van der Waals surface area contributed by atoms with E-state index in [4.69, 9.17) is 5.11 Å². The Bertz CT molecular complexity index is 225. The molecule has 2 rings (SSSR count). The topological polar surface area (TPSA) is 40.5 Å². The molecule has 1 N–H and O–H groups in total. The number of carboxylic acids is 1. The molecule has 2 atom stereocenters. The first-order valence-corrected chi connectivity index (χ1v) is 4.42. The highest BCUT2D eigenvalue weighted by Crippen LogP contribution is 2.37. The number of carbonyl (C=O) groups is 1. The highest BCUT2D eigenvalue weighted by atomic mass is 16.4. The Morgan fingerprint density at radius 3 is 2.83 bits per heavy atom. The van der Waals surface area contributed by atoms with Gasteiger partial charge >= 0.3 is 5.97 Å². The normalized spacial score (nSPS) is 33.5. The van der Waals surface area contributed by atoms with E-state index in [2.05, 4.69) is 4.90 Å². The standard InChI is InChI=1S/C9H13NO2/c11-9(12)3-4-10-6-7-1-2-8(10)5-7/h3-4,7-8H,1-2,5-6H2,(H,11,12). The molecule has 3 nitrogen and oxygen atoms in total. The Hall–Kier alpha value is -0.990. The van der Waals surface area contributed by atoms with Gasteiger partial charge in [-0.3, -0.25) is 0 Å². The number of hydrogen-bond donors (Lipinski definition) is 1. The molecule has 0 spiro atoms. The third-order valence-electron chi connectivity index (χ3n) is 2.86. The molecule has 1 aliphatic carbocycles. The Balaban J connectivity index is 1.94. The lowest BCUT2D eigenvalue weighted by molar-refractivity contribution is -0.131. The zero-order chi connectivity index (χ0) is 8.55. The number of rotatable bonds is 2. The molecule has 0 amide bonds. The fourth-order valence-corrected chi connectivity index (χ4v) is 2.30. The molecule has 0 radical (unpaired) electrons. The first-order valence-electron chi connectivity index (χ1n) is 4.42. The molecule has 1 aliphatic heterocycles. The first-order chi connectivity index (χ1) is 5.75. The van der Waals surface area contributed by atoms with E-state index < -0.39 is 5.97 Å². The second-order valence-electron chi connectivity index (χ2n) is 3.68. The second kappa shape index (κ2) is 2.81. The van der Waals surface area contributed by atoms with Gasteiger partial charge in [0.2, 0.25) is 0 Å². The number of fused-ring (bicyclic) bond motifs is 2. The van der Waals surface area contributed by atoms with Crippen molar-refractivity contribution >= 4 is 5.97 Å². The number of likely N-dealkylation sites (tertiary alicyclic amines) is 1. The van der Waals surface area contributed by atoms with Crippen LogP contribution in [0.15, 0.2) is 12.3 Å². The summed E-state index contributed by atoms with van der Waals surface area (Å²) in [5.74, 6) is -0.0220. The maximum atomic E-state index is 10.2. The molecular formula is C9H13NO2. The first kappa shape index (κ1) is 7.65. The minimum absolute atomic E-state index is 0.630. The number of carboxylic acid groups (broad SMARTS) is 1. The fraction of sp³-hybridized carbons (Fsp3) is 0.667. The van der Waals surface area contributed by atoms with Crippen molar-refractivity contribution in [3.8, 4) is 0 Å². The van der Waals surface area contributed by atoms with Gasteiger partial charge in [0, 0.05) is 24.9 Å². The number of nitrogens with zero attached hydrogens (tertiary/aromatic N) is 1. The fourth-order valence-electron chi connectivity index (χ4n) is 2.30. The van der Waals surface area contributed by atoms with Crippen LogP contribution in [-0.2, 0) is 4.79 Å². The molecule has 1 saturated heterocycles. The lowest BCUT2D eigenvalue weighted by Crippen LogP contribution is -2.26. The van der Waals surface area contributed by atoms with Crippen LogP contribution in [0.2, 0.25) is 0 Å². The predicted molar refractivity (Wildman–Crippen MR) is 44.6 cm³/mol. The van der Waals surface area contributed by atoms with E-state index in [0.29, 0.717) is 6.04 Å². The van der Waals surface area contributed by atoms with Gasteiger partial charge in [0.05, 0.1) is 0 Å². The summed E-state index contributed by atoms with van der Waals surface area (Å²) in [6.07, 6.45) is 6.81. The van der Waals surface area contributed by atoms with Crippen LogP contribution in [0.3, 0.4) is 0 Å². The number of hydrogen-bond acceptors (Lipinski definition) is 2. The summed E-state index contributed by atoms with van der Waals surface area (Å²) in [7, 11) is 0. The minimum atomic E-state index is -0.849. The number of aliphatic carboxylic acids is 1. The molecule has 0 aromatic heterocycles. The Labute approximate surface area is 71.7 Å². The van der Waals surface area contributed by atoms with Crippen LogP contribution in [0.4, 0.5) is 0 Å². The van der Waals surface area contributed by atoms with Crippen molar-refractivity contribution in [3.05, 3.63) is 12.3 Å². The lowest BCUT2D eigenvalue weighted by Gasteiger charge is -2.24. The van der Waals surface area contributed by atoms with Crippen LogP contribution >= 0.6 is 0 Å². The monoisotopic (exact) mass is 167 g/mol. The quantitative estimate of drug-likeness (QED) is 0.625. The van der Waals surface area contributed by atoms with E-state index in [-0.39, 0.29) is 0 Å². The van der Waals surface area contributed by atoms with Gasteiger partial charge in [-0.05, 0) is 25.2 Å². The summed E-state index contributed by atoms with van der Waals surface area (Å²) >= 11 is 0. The van der Waals surface area contributed by atoms with Crippen molar-refractivity contribution in [1.29, 1.82) is 0 Å². The predicted octanol–water partition coefficient (Wildman–Crippen LogP) is 1.07. The smallest absolute Gasteiger partial charge is 0.329 e. The van der Waals surface area contributed by atoms with Crippen molar-refractivity contribution in [2.75, 3.05) is 6.54 Å². The average molecular weight is 167 g/mol. The van der Waals surface area contributed by atoms with Crippen molar-refractivity contribution in [2.45, 2.75) is 25.3 Å². The molecule has 2 fully saturated rings. The largest absolute Gasteiger partial charge is 0.478 e. The van der Waals surface area contributed by atoms with Crippen LogP contribution in [0.1, 0.15) is 19.3 Å². The summed E-state index contributed by atoms with van der Waals surface area (Å²) in [5.41, 5.74) is 0. The zero-order valence-electron chi connectivity index (χ0n) is 6.94. The Morgan fingerprint density at radius 2 is 2.33 bits per heavy atom. The molecular weight excluding hydrogens is 154 g/mol. The van der Waals surface area contributed by atoms with Gasteiger partial charge in [-0.1, -0.05) is 0 Å². The van der Waals surface area contributed by atoms with E-state index >= 15 is 0 Å². The van der Waals surface area contributed by atoms with E-state index in [0.717, 1.165) is 12.5 Å². The SMILES string of the molecule is O=C(O)C=CN1CC2CCC1C2. The zero-order valence-corrected chi connectivity index (χ0v) is 6.94. The third kappa shape index (κ3) is 1.31. The summed E-state index contributed by atoms with van der Waals surface area (Å²) in [4.78, 5) is 12.4. The van der Waals surface area contributed by atoms with Crippen LogP contribution in [-0.4, -0.2) is 28.6 Å². The highest BCUT2D eigenvalue weighted by Gasteiger charge is 2.35. The molecule has 0 aromatic rings. The molecule has 1 saturated carbocycles. The highest BCUT2D eigenvalue weighted by molar-refractivity contribution is 5.79. The summed E-state index contributed by atoms with van der Waals surface area (Å²) < 4.78 is 0. The van der Waals surface area contributed by atoms with Crippen LogP contribution in [0.25, 0.3) is 0 Å². The molecule has 0 aromatic carbocycles. The summed E-state index contributed by atoms with van der Waals surface area (Å²) in [5, 5.41) is 8.43. The molecule has 66 valence electrons. The summed E-state index contributed by atoms with van der Waals surface area (Å²) in [6.45, 7) is 1.06. The van der Waals surface area contributed by atoms with Crippen LogP contribution in [0.5, 0.6) is 0 Å². The van der Waals surface area contributed by atoms with Gasteiger partial charge < -0.3 is 10.0 Å². The van der Waals surface area contributed by atoms with Crippen LogP contribution in [0, 0.1) is 5.92 Å². The van der Waals surface area contributed by atoms with Crippen molar-refractivity contribution in [1.82, 2.24) is 4.90 Å². The average Bonchev–Trinajstić information content (AvgIpc) is 2.60. The molecule has 3 heteroatoms. The van der Waals surface area contributed by atoms with E-state index in [9.17, 15) is 4.79 Å². The van der Waals surface area contributed by atoms with E-state index in [1.54, 1.807) is 6.20 Å². The van der Waals surface area contributed by atoms with Gasteiger partial charge in [0.25, 0.3) is 0 Å². The van der Waals surface area contributed by atoms with Gasteiger partial charge in [0.1, 0.15) is 0 Å².